The maximum atomic E-state index is 10.0. The Bertz CT molecular complexity index is 130. The summed E-state index contributed by atoms with van der Waals surface area (Å²) in [6.45, 7) is 3.67. The highest BCUT2D eigenvalue weighted by molar-refractivity contribution is 5.67. The van der Waals surface area contributed by atoms with E-state index in [1.807, 2.05) is 13.8 Å². The molecule has 0 unspecified atom stereocenters. The van der Waals surface area contributed by atoms with E-state index in [4.69, 9.17) is 14.6 Å². The first-order valence-corrected chi connectivity index (χ1v) is 3.32. The van der Waals surface area contributed by atoms with Gasteiger partial charge in [0.05, 0.1) is 12.2 Å². The maximum absolute atomic E-state index is 10.0. The summed E-state index contributed by atoms with van der Waals surface area (Å²) in [5, 5.41) is 8.22. The Hall–Kier alpha value is -0.610. The van der Waals surface area contributed by atoms with Crippen molar-refractivity contribution in [3.63, 3.8) is 0 Å². The SMILES string of the molecule is COC(C)(C)COCC(=O)O. The number of hydrogen-bond donors (Lipinski definition) is 1. The van der Waals surface area contributed by atoms with E-state index in [1.54, 1.807) is 7.11 Å². The normalized spacial score (nSPS) is 11.5. The van der Waals surface area contributed by atoms with Crippen LogP contribution < -0.4 is 0 Å². The molecule has 66 valence electrons. The van der Waals surface area contributed by atoms with Crippen molar-refractivity contribution in [2.45, 2.75) is 19.4 Å². The van der Waals surface area contributed by atoms with Crippen molar-refractivity contribution in [3.8, 4) is 0 Å². The predicted molar refractivity (Wildman–Crippen MR) is 39.5 cm³/mol. The Morgan fingerprint density at radius 3 is 2.45 bits per heavy atom. The highest BCUT2D eigenvalue weighted by Crippen LogP contribution is 2.06. The molecule has 0 aliphatic carbocycles. The van der Waals surface area contributed by atoms with Crippen LogP contribution in [0.2, 0.25) is 0 Å². The van der Waals surface area contributed by atoms with Crippen molar-refractivity contribution in [3.05, 3.63) is 0 Å². The van der Waals surface area contributed by atoms with E-state index in [0.717, 1.165) is 0 Å². The number of carboxylic acids is 1. The molecule has 0 spiro atoms. The number of carboxylic acid groups (broad SMARTS) is 1. The second kappa shape index (κ2) is 4.31. The molecule has 0 heterocycles. The summed E-state index contributed by atoms with van der Waals surface area (Å²) >= 11 is 0. The topological polar surface area (TPSA) is 55.8 Å². The molecule has 0 aromatic carbocycles. The average Bonchev–Trinajstić information content (AvgIpc) is 1.87. The molecule has 0 radical (unpaired) electrons. The van der Waals surface area contributed by atoms with E-state index in [0.29, 0.717) is 0 Å². The average molecular weight is 162 g/mol. The van der Waals surface area contributed by atoms with Gasteiger partial charge < -0.3 is 14.6 Å². The van der Waals surface area contributed by atoms with Crippen LogP contribution in [0.4, 0.5) is 0 Å². The Morgan fingerprint density at radius 2 is 2.09 bits per heavy atom. The van der Waals surface area contributed by atoms with Crippen LogP contribution in [0.3, 0.4) is 0 Å². The smallest absolute Gasteiger partial charge is 0.329 e. The van der Waals surface area contributed by atoms with Crippen LogP contribution in [-0.2, 0) is 14.3 Å². The largest absolute Gasteiger partial charge is 0.480 e. The van der Waals surface area contributed by atoms with Crippen LogP contribution in [0.1, 0.15) is 13.8 Å². The van der Waals surface area contributed by atoms with Gasteiger partial charge >= 0.3 is 5.97 Å². The molecule has 4 nitrogen and oxygen atoms in total. The number of methoxy groups -OCH3 is 1. The van der Waals surface area contributed by atoms with Gasteiger partial charge in [-0.15, -0.1) is 0 Å². The lowest BCUT2D eigenvalue weighted by Gasteiger charge is -2.21. The molecule has 0 aliphatic rings. The fraction of sp³-hybridized carbons (Fsp3) is 0.857. The zero-order valence-electron chi connectivity index (χ0n) is 7.09. The summed E-state index contributed by atoms with van der Waals surface area (Å²) in [4.78, 5) is 10.0. The Kier molecular flexibility index (Phi) is 4.07. The molecule has 0 saturated carbocycles. The molecule has 0 aromatic rings. The van der Waals surface area contributed by atoms with E-state index < -0.39 is 11.6 Å². The molecular weight excluding hydrogens is 148 g/mol. The minimum Gasteiger partial charge on any atom is -0.480 e. The van der Waals surface area contributed by atoms with Crippen molar-refractivity contribution >= 4 is 5.97 Å². The Morgan fingerprint density at radius 1 is 1.55 bits per heavy atom. The first kappa shape index (κ1) is 10.4. The lowest BCUT2D eigenvalue weighted by molar-refractivity contribution is -0.145. The van der Waals surface area contributed by atoms with Crippen LogP contribution >= 0.6 is 0 Å². The van der Waals surface area contributed by atoms with E-state index in [-0.39, 0.29) is 13.2 Å². The zero-order valence-corrected chi connectivity index (χ0v) is 7.09. The van der Waals surface area contributed by atoms with Crippen molar-refractivity contribution in [1.29, 1.82) is 0 Å². The van der Waals surface area contributed by atoms with Crippen molar-refractivity contribution in [2.24, 2.45) is 0 Å². The fourth-order valence-electron chi connectivity index (χ4n) is 0.443. The van der Waals surface area contributed by atoms with Crippen LogP contribution in [0.25, 0.3) is 0 Å². The maximum Gasteiger partial charge on any atom is 0.329 e. The van der Waals surface area contributed by atoms with Gasteiger partial charge in [-0.1, -0.05) is 0 Å². The van der Waals surface area contributed by atoms with E-state index in [1.165, 1.54) is 0 Å². The van der Waals surface area contributed by atoms with Gasteiger partial charge in [0, 0.05) is 7.11 Å². The molecule has 4 heteroatoms. The van der Waals surface area contributed by atoms with Crippen molar-refractivity contribution in [1.82, 2.24) is 0 Å². The highest BCUT2D eigenvalue weighted by Gasteiger charge is 2.16. The third-order valence-corrected chi connectivity index (χ3v) is 1.23. The van der Waals surface area contributed by atoms with Crippen molar-refractivity contribution < 1.29 is 19.4 Å². The fourth-order valence-corrected chi connectivity index (χ4v) is 0.443. The van der Waals surface area contributed by atoms with Gasteiger partial charge in [-0.25, -0.2) is 4.79 Å². The minimum atomic E-state index is -0.961. The summed E-state index contributed by atoms with van der Waals surface area (Å²) in [5.41, 5.74) is -0.407. The first-order chi connectivity index (χ1) is 4.98. The van der Waals surface area contributed by atoms with E-state index in [2.05, 4.69) is 0 Å². The van der Waals surface area contributed by atoms with Crippen LogP contribution in [0.15, 0.2) is 0 Å². The molecule has 0 fully saturated rings. The highest BCUT2D eigenvalue weighted by atomic mass is 16.5. The second-order valence-electron chi connectivity index (χ2n) is 2.85. The molecule has 0 aliphatic heterocycles. The van der Waals surface area contributed by atoms with Gasteiger partial charge in [0.15, 0.2) is 0 Å². The summed E-state index contributed by atoms with van der Waals surface area (Å²) in [7, 11) is 1.56. The third kappa shape index (κ3) is 5.82. The van der Waals surface area contributed by atoms with Gasteiger partial charge in [0.25, 0.3) is 0 Å². The molecule has 0 rings (SSSR count). The Labute approximate surface area is 66.1 Å². The number of hydrogen-bond acceptors (Lipinski definition) is 3. The standard InChI is InChI=1S/C7H14O4/c1-7(2,10-3)5-11-4-6(8)9/h4-5H2,1-3H3,(H,8,9). The summed E-state index contributed by atoms with van der Waals surface area (Å²) < 4.78 is 9.83. The monoisotopic (exact) mass is 162 g/mol. The number of carbonyl (C=O) groups is 1. The lowest BCUT2D eigenvalue weighted by Crippen LogP contribution is -2.30. The van der Waals surface area contributed by atoms with Gasteiger partial charge in [-0.05, 0) is 13.8 Å². The predicted octanol–water partition coefficient (Wildman–Crippen LogP) is 0.513. The molecule has 0 aromatic heterocycles. The molecule has 0 bridgehead atoms. The molecule has 11 heavy (non-hydrogen) atoms. The first-order valence-electron chi connectivity index (χ1n) is 3.32. The number of rotatable bonds is 5. The van der Waals surface area contributed by atoms with Gasteiger partial charge in [0.2, 0.25) is 0 Å². The zero-order chi connectivity index (χ0) is 8.91. The van der Waals surface area contributed by atoms with E-state index >= 15 is 0 Å². The molecule has 0 saturated heterocycles. The second-order valence-corrected chi connectivity index (χ2v) is 2.85. The molecule has 0 amide bonds. The third-order valence-electron chi connectivity index (χ3n) is 1.23. The van der Waals surface area contributed by atoms with Crippen LogP contribution in [-0.4, -0.2) is 37.0 Å². The number of ether oxygens (including phenoxy) is 2. The molecular formula is C7H14O4. The van der Waals surface area contributed by atoms with Gasteiger partial charge in [0.1, 0.15) is 6.61 Å². The molecule has 0 atom stereocenters. The number of aliphatic carboxylic acids is 1. The quantitative estimate of drug-likeness (QED) is 0.640. The van der Waals surface area contributed by atoms with Crippen LogP contribution in [0.5, 0.6) is 0 Å². The van der Waals surface area contributed by atoms with E-state index in [9.17, 15) is 4.79 Å². The summed E-state index contributed by atoms with van der Waals surface area (Å²) in [6, 6.07) is 0. The molecule has 1 N–H and O–H groups in total. The Balaban J connectivity index is 3.45. The minimum absolute atomic E-state index is 0.271. The van der Waals surface area contributed by atoms with Gasteiger partial charge in [-0.3, -0.25) is 0 Å². The van der Waals surface area contributed by atoms with Crippen LogP contribution in [0, 0.1) is 0 Å². The summed E-state index contributed by atoms with van der Waals surface area (Å²) in [5.74, 6) is -0.961. The van der Waals surface area contributed by atoms with Crippen molar-refractivity contribution in [2.75, 3.05) is 20.3 Å². The summed E-state index contributed by atoms with van der Waals surface area (Å²) in [6.07, 6.45) is 0. The lowest BCUT2D eigenvalue weighted by atomic mass is 10.1. The van der Waals surface area contributed by atoms with Gasteiger partial charge in [-0.2, -0.15) is 0 Å².